The second-order valence-corrected chi connectivity index (χ2v) is 8.31. The van der Waals surface area contributed by atoms with E-state index < -0.39 is 48.4 Å². The number of aliphatic hydroxyl groups is 1. The molecule has 3 fully saturated rings. The minimum absolute atomic E-state index is 0.119. The fraction of sp³-hybridized carbons (Fsp3) is 0.778. The number of rotatable bonds is 3. The molecule has 9 heteroatoms. The molecular weight excluding hydrogens is 365 g/mol. The molecule has 27 heavy (non-hydrogen) atoms. The van der Waals surface area contributed by atoms with E-state index in [4.69, 9.17) is 4.74 Å². The van der Waals surface area contributed by atoms with Crippen molar-refractivity contribution < 1.29 is 32.6 Å². The molecule has 2 amide bonds. The van der Waals surface area contributed by atoms with E-state index >= 15 is 0 Å². The van der Waals surface area contributed by atoms with Crippen LogP contribution < -0.4 is 5.32 Å². The molecule has 154 valence electrons. The van der Waals surface area contributed by atoms with Crippen LogP contribution in [0.4, 0.5) is 18.0 Å². The number of hydrogen-bond donors (Lipinski definition) is 2. The second kappa shape index (κ2) is 7.69. The molecule has 6 nitrogen and oxygen atoms in total. The topological polar surface area (TPSA) is 78.9 Å². The highest BCUT2D eigenvalue weighted by Gasteiger charge is 2.50. The zero-order valence-electron chi connectivity index (χ0n) is 15.8. The van der Waals surface area contributed by atoms with E-state index in [2.05, 4.69) is 11.9 Å². The monoisotopic (exact) mass is 392 g/mol. The average Bonchev–Trinajstić information content (AvgIpc) is 2.68. The lowest BCUT2D eigenvalue weighted by Crippen LogP contribution is -2.62. The van der Waals surface area contributed by atoms with Crippen molar-refractivity contribution in [2.24, 2.45) is 11.8 Å². The van der Waals surface area contributed by atoms with Gasteiger partial charge in [-0.25, -0.2) is 4.79 Å². The van der Waals surface area contributed by atoms with Crippen molar-refractivity contribution in [2.75, 3.05) is 6.54 Å². The van der Waals surface area contributed by atoms with E-state index in [1.807, 2.05) is 0 Å². The maximum atomic E-state index is 12.7. The zero-order chi connectivity index (χ0) is 20.6. The van der Waals surface area contributed by atoms with E-state index in [-0.39, 0.29) is 18.4 Å². The standard InChI is InChI=1S/C18H27F3N2O4/c1-5-11-6-10-7-12(22-16(26)27-17(2,3)4)14(15(11)25)23(9-10)13(24)8-18(19,20)21/h5,10-12,14-15,25H,1,6-9H2,2-4H3,(H,22,26)/t10?,11-,12+,14?,15-/m0/s1. The van der Waals surface area contributed by atoms with E-state index in [0.717, 1.165) is 4.90 Å². The molecule has 2 aliphatic heterocycles. The molecule has 3 rings (SSSR count). The van der Waals surface area contributed by atoms with Crippen LogP contribution in [0.1, 0.15) is 40.0 Å². The van der Waals surface area contributed by atoms with Crippen molar-refractivity contribution in [3.05, 3.63) is 12.7 Å². The average molecular weight is 392 g/mol. The third kappa shape index (κ3) is 5.60. The highest BCUT2D eigenvalue weighted by Crippen LogP contribution is 2.38. The molecule has 2 saturated heterocycles. The largest absolute Gasteiger partial charge is 0.444 e. The van der Waals surface area contributed by atoms with Crippen molar-refractivity contribution in [2.45, 2.75) is 70.0 Å². The molecule has 2 bridgehead atoms. The molecular formula is C18H27F3N2O4. The molecule has 0 aromatic carbocycles. The van der Waals surface area contributed by atoms with Crippen LogP contribution in [0.2, 0.25) is 0 Å². The van der Waals surface area contributed by atoms with Gasteiger partial charge in [0.15, 0.2) is 0 Å². The van der Waals surface area contributed by atoms with Crippen LogP contribution in [-0.4, -0.2) is 58.5 Å². The summed E-state index contributed by atoms with van der Waals surface area (Å²) >= 11 is 0. The van der Waals surface area contributed by atoms with Gasteiger partial charge < -0.3 is 20.1 Å². The predicted molar refractivity (Wildman–Crippen MR) is 91.7 cm³/mol. The van der Waals surface area contributed by atoms with Gasteiger partial charge >= 0.3 is 12.3 Å². The number of fused-ring (bicyclic) bond motifs is 4. The summed E-state index contributed by atoms with van der Waals surface area (Å²) in [7, 11) is 0. The van der Waals surface area contributed by atoms with Crippen LogP contribution in [0.15, 0.2) is 12.7 Å². The minimum Gasteiger partial charge on any atom is -0.444 e. The fourth-order valence-corrected chi connectivity index (χ4v) is 3.94. The minimum atomic E-state index is -4.64. The van der Waals surface area contributed by atoms with Crippen molar-refractivity contribution in [1.82, 2.24) is 10.2 Å². The van der Waals surface area contributed by atoms with Crippen LogP contribution in [0.5, 0.6) is 0 Å². The van der Waals surface area contributed by atoms with Gasteiger partial charge in [-0.1, -0.05) is 6.08 Å². The van der Waals surface area contributed by atoms with Crippen LogP contribution in [-0.2, 0) is 9.53 Å². The van der Waals surface area contributed by atoms with Crippen LogP contribution in [0.3, 0.4) is 0 Å². The van der Waals surface area contributed by atoms with E-state index in [9.17, 15) is 27.9 Å². The quantitative estimate of drug-likeness (QED) is 0.724. The Hall–Kier alpha value is -1.77. The van der Waals surface area contributed by atoms with Crippen molar-refractivity contribution >= 4 is 12.0 Å². The maximum Gasteiger partial charge on any atom is 0.407 e. The number of piperidine rings is 1. The lowest BCUT2D eigenvalue weighted by Gasteiger charge is -2.44. The first-order valence-corrected chi connectivity index (χ1v) is 8.97. The normalized spacial score (nSPS) is 31.2. The summed E-state index contributed by atoms with van der Waals surface area (Å²) in [6.45, 7) is 8.86. The van der Waals surface area contributed by atoms with Gasteiger partial charge in [0, 0.05) is 12.5 Å². The number of alkyl carbamates (subject to hydrolysis) is 1. The van der Waals surface area contributed by atoms with Gasteiger partial charge in [0.2, 0.25) is 5.91 Å². The number of nitrogens with one attached hydrogen (secondary N) is 1. The summed E-state index contributed by atoms with van der Waals surface area (Å²) in [5.74, 6) is -1.62. The van der Waals surface area contributed by atoms with Gasteiger partial charge in [0.1, 0.15) is 12.0 Å². The summed E-state index contributed by atoms with van der Waals surface area (Å²) in [6, 6.07) is -1.66. The zero-order valence-corrected chi connectivity index (χ0v) is 15.8. The van der Waals surface area contributed by atoms with Crippen LogP contribution >= 0.6 is 0 Å². The number of hydrogen-bond acceptors (Lipinski definition) is 4. The Kier molecular flexibility index (Phi) is 6.13. The first-order chi connectivity index (χ1) is 12.3. The molecule has 2 heterocycles. The van der Waals surface area contributed by atoms with Crippen molar-refractivity contribution in [1.29, 1.82) is 0 Å². The number of amides is 2. The van der Waals surface area contributed by atoms with Gasteiger partial charge in [-0.05, 0) is 39.5 Å². The number of aliphatic hydroxyl groups excluding tert-OH is 1. The van der Waals surface area contributed by atoms with Crippen molar-refractivity contribution in [3.8, 4) is 0 Å². The Bertz CT molecular complexity index is 588. The molecule has 0 aromatic rings. The van der Waals surface area contributed by atoms with Gasteiger partial charge in [-0.2, -0.15) is 13.2 Å². The molecule has 5 atom stereocenters. The van der Waals surface area contributed by atoms with E-state index in [1.165, 1.54) is 0 Å². The Balaban J connectivity index is 2.26. The number of carbonyl (C=O) groups excluding carboxylic acids is 2. The first kappa shape index (κ1) is 21.5. The van der Waals surface area contributed by atoms with E-state index in [0.29, 0.717) is 12.8 Å². The summed E-state index contributed by atoms with van der Waals surface area (Å²) in [5.41, 5.74) is -0.748. The third-order valence-corrected chi connectivity index (χ3v) is 4.89. The molecule has 2 N–H and O–H groups in total. The second-order valence-electron chi connectivity index (χ2n) is 8.31. The Morgan fingerprint density at radius 3 is 2.44 bits per heavy atom. The Morgan fingerprint density at radius 2 is 1.93 bits per heavy atom. The third-order valence-electron chi connectivity index (χ3n) is 4.89. The number of carbonyl (C=O) groups is 2. The molecule has 0 aromatic heterocycles. The summed E-state index contributed by atoms with van der Waals surface area (Å²) in [4.78, 5) is 25.5. The molecule has 0 radical (unpaired) electrons. The van der Waals surface area contributed by atoms with Gasteiger partial charge in [-0.15, -0.1) is 6.58 Å². The number of ether oxygens (including phenoxy) is 1. The number of alkyl halides is 3. The van der Waals surface area contributed by atoms with Gasteiger partial charge in [0.25, 0.3) is 0 Å². The van der Waals surface area contributed by atoms with E-state index in [1.54, 1.807) is 26.8 Å². The molecule has 1 saturated carbocycles. The first-order valence-electron chi connectivity index (χ1n) is 8.97. The highest BCUT2D eigenvalue weighted by atomic mass is 19.4. The number of halogens is 3. The van der Waals surface area contributed by atoms with Crippen LogP contribution in [0, 0.1) is 11.8 Å². The summed E-state index contributed by atoms with van der Waals surface area (Å²) in [6.07, 6.45) is -5.60. The number of nitrogens with zero attached hydrogens (tertiary/aromatic N) is 1. The lowest BCUT2D eigenvalue weighted by atomic mass is 9.89. The van der Waals surface area contributed by atoms with Crippen LogP contribution in [0.25, 0.3) is 0 Å². The lowest BCUT2D eigenvalue weighted by molar-refractivity contribution is -0.167. The molecule has 0 spiro atoms. The molecule has 3 aliphatic rings. The summed E-state index contributed by atoms with van der Waals surface area (Å²) in [5, 5.41) is 13.4. The summed E-state index contributed by atoms with van der Waals surface area (Å²) < 4.78 is 43.4. The maximum absolute atomic E-state index is 12.7. The smallest absolute Gasteiger partial charge is 0.407 e. The highest BCUT2D eigenvalue weighted by molar-refractivity contribution is 5.78. The molecule has 2 unspecified atom stereocenters. The molecule has 1 aliphatic carbocycles. The van der Waals surface area contributed by atoms with Gasteiger partial charge in [-0.3, -0.25) is 4.79 Å². The Morgan fingerprint density at radius 1 is 1.30 bits per heavy atom. The fourth-order valence-electron chi connectivity index (χ4n) is 3.94. The Labute approximate surface area is 156 Å². The predicted octanol–water partition coefficient (Wildman–Crippen LogP) is 2.62. The SMILES string of the molecule is C=C[C@H]1CC2C[C@@H](NC(=O)OC(C)(C)C)C([C@H]1O)N(C(=O)CC(F)(F)F)C2. The van der Waals surface area contributed by atoms with Gasteiger partial charge in [0.05, 0.1) is 18.2 Å². The van der Waals surface area contributed by atoms with Crippen molar-refractivity contribution in [3.63, 3.8) is 0 Å².